The maximum atomic E-state index is 8.74. The third-order valence-electron chi connectivity index (χ3n) is 3.21. The molecule has 3 rings (SSSR count). The van der Waals surface area contributed by atoms with E-state index in [2.05, 4.69) is 15.5 Å². The molecule has 2 N–H and O–H groups in total. The predicted molar refractivity (Wildman–Crippen MR) is 71.7 cm³/mol. The number of rotatable bonds is 6. The molecule has 5 heteroatoms. The summed E-state index contributed by atoms with van der Waals surface area (Å²) in [5, 5.41) is 15.9. The molecule has 1 aliphatic rings. The van der Waals surface area contributed by atoms with Crippen LogP contribution in [-0.4, -0.2) is 28.4 Å². The minimum absolute atomic E-state index is 0.121. The van der Waals surface area contributed by atoms with Crippen LogP contribution in [0.25, 0.3) is 11.5 Å². The normalized spacial score (nSPS) is 14.6. The maximum absolute atomic E-state index is 8.74. The summed E-state index contributed by atoms with van der Waals surface area (Å²) in [7, 11) is 0. The van der Waals surface area contributed by atoms with Gasteiger partial charge in [-0.3, -0.25) is 0 Å². The molecule has 0 radical (unpaired) electrons. The first kappa shape index (κ1) is 12.2. The van der Waals surface area contributed by atoms with E-state index in [-0.39, 0.29) is 6.61 Å². The number of nitrogens with zero attached hydrogens (tertiary/aromatic N) is 2. The largest absolute Gasteiger partial charge is 0.395 e. The first-order valence-corrected chi connectivity index (χ1v) is 6.63. The van der Waals surface area contributed by atoms with Crippen LogP contribution in [0.5, 0.6) is 0 Å². The Morgan fingerprint density at radius 3 is 2.74 bits per heavy atom. The molecule has 0 bridgehead atoms. The van der Waals surface area contributed by atoms with Gasteiger partial charge >= 0.3 is 0 Å². The van der Waals surface area contributed by atoms with Gasteiger partial charge < -0.3 is 14.9 Å². The van der Waals surface area contributed by atoms with Gasteiger partial charge in [-0.1, -0.05) is 5.16 Å². The second-order valence-electron chi connectivity index (χ2n) is 4.89. The Balaban J connectivity index is 1.68. The van der Waals surface area contributed by atoms with Crippen molar-refractivity contribution < 1.29 is 9.63 Å². The van der Waals surface area contributed by atoms with Gasteiger partial charge in [0.25, 0.3) is 5.89 Å². The number of aliphatic hydroxyl groups is 1. The average Bonchev–Trinajstić information content (AvgIpc) is 3.13. The fourth-order valence-electron chi connectivity index (χ4n) is 1.97. The van der Waals surface area contributed by atoms with Crippen molar-refractivity contribution in [2.45, 2.75) is 19.3 Å². The van der Waals surface area contributed by atoms with Gasteiger partial charge in [0.1, 0.15) is 0 Å². The van der Waals surface area contributed by atoms with Crippen molar-refractivity contribution in [2.24, 2.45) is 5.92 Å². The van der Waals surface area contributed by atoms with E-state index in [9.17, 15) is 0 Å². The van der Waals surface area contributed by atoms with Gasteiger partial charge in [-0.25, -0.2) is 0 Å². The van der Waals surface area contributed by atoms with E-state index in [1.54, 1.807) is 0 Å². The van der Waals surface area contributed by atoms with Crippen molar-refractivity contribution in [1.82, 2.24) is 10.1 Å². The van der Waals surface area contributed by atoms with Crippen LogP contribution in [0.2, 0.25) is 0 Å². The number of nitrogens with one attached hydrogen (secondary N) is 1. The van der Waals surface area contributed by atoms with E-state index >= 15 is 0 Å². The highest BCUT2D eigenvalue weighted by Crippen LogP contribution is 2.32. The Morgan fingerprint density at radius 2 is 2.05 bits per heavy atom. The van der Waals surface area contributed by atoms with Crippen LogP contribution in [0.15, 0.2) is 28.8 Å². The van der Waals surface area contributed by atoms with Crippen molar-refractivity contribution in [3.8, 4) is 11.5 Å². The lowest BCUT2D eigenvalue weighted by Crippen LogP contribution is -2.04. The Labute approximate surface area is 111 Å². The molecule has 0 unspecified atom stereocenters. The van der Waals surface area contributed by atoms with Gasteiger partial charge in [0.2, 0.25) is 0 Å². The van der Waals surface area contributed by atoms with E-state index in [1.165, 1.54) is 12.8 Å². The highest BCUT2D eigenvalue weighted by molar-refractivity contribution is 5.58. The minimum Gasteiger partial charge on any atom is -0.395 e. The molecular weight excluding hydrogens is 242 g/mol. The van der Waals surface area contributed by atoms with E-state index in [0.29, 0.717) is 12.4 Å². The summed E-state index contributed by atoms with van der Waals surface area (Å²) in [6.45, 7) is 0.668. The number of hydrogen-bond acceptors (Lipinski definition) is 5. The van der Waals surface area contributed by atoms with Crippen molar-refractivity contribution in [3.05, 3.63) is 30.1 Å². The van der Waals surface area contributed by atoms with Crippen molar-refractivity contribution in [1.29, 1.82) is 0 Å². The zero-order valence-electron chi connectivity index (χ0n) is 10.7. The minimum atomic E-state index is 0.121. The first-order valence-electron chi connectivity index (χ1n) is 6.63. The molecule has 0 spiro atoms. The summed E-state index contributed by atoms with van der Waals surface area (Å²) >= 11 is 0. The lowest BCUT2D eigenvalue weighted by atomic mass is 10.2. The fraction of sp³-hybridized carbons (Fsp3) is 0.429. The molecule has 1 aromatic heterocycles. The zero-order valence-corrected chi connectivity index (χ0v) is 10.7. The maximum Gasteiger partial charge on any atom is 0.257 e. The third-order valence-corrected chi connectivity index (χ3v) is 3.21. The number of anilines is 1. The van der Waals surface area contributed by atoms with Gasteiger partial charge in [0, 0.05) is 24.2 Å². The summed E-state index contributed by atoms with van der Waals surface area (Å²) in [5.41, 5.74) is 1.89. The molecule has 2 aromatic rings. The molecule has 100 valence electrons. The SMILES string of the molecule is OCCNc1ccc(-c2nc(CC3CC3)no2)cc1. The number of hydrogen-bond donors (Lipinski definition) is 2. The van der Waals surface area contributed by atoms with Crippen LogP contribution in [0.3, 0.4) is 0 Å². The molecule has 0 saturated heterocycles. The van der Waals surface area contributed by atoms with Crippen molar-refractivity contribution >= 4 is 5.69 Å². The lowest BCUT2D eigenvalue weighted by molar-refractivity contribution is 0.311. The number of aliphatic hydroxyl groups excluding tert-OH is 1. The highest BCUT2D eigenvalue weighted by atomic mass is 16.5. The van der Waals surface area contributed by atoms with Crippen LogP contribution >= 0.6 is 0 Å². The molecular formula is C14H17N3O2. The third kappa shape index (κ3) is 3.12. The molecule has 1 aliphatic carbocycles. The Hall–Kier alpha value is -1.88. The second-order valence-corrected chi connectivity index (χ2v) is 4.89. The predicted octanol–water partition coefficient (Wildman–Crippen LogP) is 2.09. The molecule has 5 nitrogen and oxygen atoms in total. The molecule has 1 fully saturated rings. The van der Waals surface area contributed by atoms with E-state index in [0.717, 1.165) is 29.4 Å². The van der Waals surface area contributed by atoms with Crippen LogP contribution in [0.4, 0.5) is 5.69 Å². The number of aromatic nitrogens is 2. The van der Waals surface area contributed by atoms with E-state index in [1.807, 2.05) is 24.3 Å². The number of benzene rings is 1. The smallest absolute Gasteiger partial charge is 0.257 e. The van der Waals surface area contributed by atoms with Crippen molar-refractivity contribution in [2.75, 3.05) is 18.5 Å². The second kappa shape index (κ2) is 5.40. The summed E-state index contributed by atoms with van der Waals surface area (Å²) in [5.74, 6) is 2.14. The zero-order chi connectivity index (χ0) is 13.1. The molecule has 0 amide bonds. The topological polar surface area (TPSA) is 71.2 Å². The summed E-state index contributed by atoms with van der Waals surface area (Å²) in [4.78, 5) is 4.41. The molecule has 1 aromatic carbocycles. The molecule has 0 atom stereocenters. The van der Waals surface area contributed by atoms with Crippen LogP contribution in [-0.2, 0) is 6.42 Å². The van der Waals surface area contributed by atoms with Crippen molar-refractivity contribution in [3.63, 3.8) is 0 Å². The van der Waals surface area contributed by atoms with Crippen LogP contribution in [0, 0.1) is 5.92 Å². The summed E-state index contributed by atoms with van der Waals surface area (Å²) in [6, 6.07) is 7.76. The highest BCUT2D eigenvalue weighted by Gasteiger charge is 2.24. The van der Waals surface area contributed by atoms with Crippen LogP contribution < -0.4 is 5.32 Å². The average molecular weight is 259 g/mol. The van der Waals surface area contributed by atoms with E-state index in [4.69, 9.17) is 9.63 Å². The van der Waals surface area contributed by atoms with Gasteiger partial charge in [-0.05, 0) is 43.0 Å². The molecule has 1 heterocycles. The Bertz CT molecular complexity index is 532. The standard InChI is InChI=1S/C14H17N3O2/c18-8-7-15-12-5-3-11(4-6-12)14-16-13(17-19-14)9-10-1-2-10/h3-6,10,15,18H,1-2,7-9H2. The van der Waals surface area contributed by atoms with Gasteiger partial charge in [-0.15, -0.1) is 0 Å². The quantitative estimate of drug-likeness (QED) is 0.831. The fourth-order valence-corrected chi connectivity index (χ4v) is 1.97. The van der Waals surface area contributed by atoms with Gasteiger partial charge in [-0.2, -0.15) is 4.98 Å². The van der Waals surface area contributed by atoms with E-state index < -0.39 is 0 Å². The molecule has 0 aliphatic heterocycles. The summed E-state index contributed by atoms with van der Waals surface area (Å²) in [6.07, 6.45) is 3.50. The first-order chi connectivity index (χ1) is 9.35. The Kier molecular flexibility index (Phi) is 3.46. The monoisotopic (exact) mass is 259 g/mol. The summed E-state index contributed by atoms with van der Waals surface area (Å²) < 4.78 is 5.28. The van der Waals surface area contributed by atoms with Gasteiger partial charge in [0.15, 0.2) is 5.82 Å². The van der Waals surface area contributed by atoms with Crippen LogP contribution in [0.1, 0.15) is 18.7 Å². The van der Waals surface area contributed by atoms with Gasteiger partial charge in [0.05, 0.1) is 6.61 Å². The molecule has 19 heavy (non-hydrogen) atoms. The molecule has 1 saturated carbocycles. The lowest BCUT2D eigenvalue weighted by Gasteiger charge is -2.03. The Morgan fingerprint density at radius 1 is 1.26 bits per heavy atom.